The van der Waals surface area contributed by atoms with Gasteiger partial charge in [-0.25, -0.2) is 9.78 Å². The maximum Gasteiger partial charge on any atom is 0.342 e. The Hall–Kier alpha value is -2.00. The highest BCUT2D eigenvalue weighted by atomic mass is 32.2. The monoisotopic (exact) mass is 311 g/mol. The van der Waals surface area contributed by atoms with Gasteiger partial charge in [-0.15, -0.1) is 0 Å². The molecule has 0 amide bonds. The number of nitro groups is 1. The van der Waals surface area contributed by atoms with Crippen LogP contribution in [0.15, 0.2) is 27.4 Å². The van der Waals surface area contributed by atoms with Crippen LogP contribution in [-0.4, -0.2) is 25.4 Å². The summed E-state index contributed by atoms with van der Waals surface area (Å²) in [5.74, 6) is -0.605. The Morgan fingerprint density at radius 3 is 2.85 bits per heavy atom. The summed E-state index contributed by atoms with van der Waals surface area (Å²) in [5, 5.41) is 19.8. The van der Waals surface area contributed by atoms with Gasteiger partial charge in [0.2, 0.25) is 0 Å². The maximum absolute atomic E-state index is 10.9. The van der Waals surface area contributed by atoms with Crippen molar-refractivity contribution in [3.63, 3.8) is 0 Å². The van der Waals surface area contributed by atoms with Crippen molar-refractivity contribution in [3.05, 3.63) is 39.7 Å². The van der Waals surface area contributed by atoms with E-state index in [9.17, 15) is 14.9 Å². The largest absolute Gasteiger partial charge is 0.477 e. The van der Waals surface area contributed by atoms with Gasteiger partial charge in [-0.05, 0) is 23.7 Å². The first-order chi connectivity index (χ1) is 9.51. The van der Waals surface area contributed by atoms with Crippen molar-refractivity contribution in [2.45, 2.75) is 22.6 Å². The second kappa shape index (κ2) is 5.97. The predicted molar refractivity (Wildman–Crippen MR) is 73.5 cm³/mol. The summed E-state index contributed by atoms with van der Waals surface area (Å²) in [6, 6.07) is 3.99. The molecule has 0 atom stereocenters. The van der Waals surface area contributed by atoms with Crippen LogP contribution in [0.3, 0.4) is 0 Å². The van der Waals surface area contributed by atoms with E-state index >= 15 is 0 Å². The van der Waals surface area contributed by atoms with E-state index in [1.54, 1.807) is 0 Å². The van der Waals surface area contributed by atoms with Gasteiger partial charge in [0.15, 0.2) is 4.34 Å². The molecule has 1 N–H and O–H groups in total. The molecule has 20 heavy (non-hydrogen) atoms. The van der Waals surface area contributed by atoms with E-state index < -0.39 is 16.6 Å². The molecule has 1 aromatic heterocycles. The second-order valence-corrected chi connectivity index (χ2v) is 5.75. The van der Waals surface area contributed by atoms with Gasteiger partial charge in [0.05, 0.1) is 4.92 Å². The molecule has 0 unspecified atom stereocenters. The number of nitrogens with zero attached hydrogens (tertiary/aromatic N) is 3. The van der Waals surface area contributed by atoms with E-state index in [1.165, 1.54) is 41.5 Å². The number of carboxylic acids is 1. The summed E-state index contributed by atoms with van der Waals surface area (Å²) in [5.41, 5.74) is -0.756. The number of rotatable bonds is 5. The fourth-order valence-electron chi connectivity index (χ4n) is 1.43. The quantitative estimate of drug-likeness (QED) is 0.668. The molecule has 0 bridgehead atoms. The van der Waals surface area contributed by atoms with Gasteiger partial charge >= 0.3 is 5.97 Å². The van der Waals surface area contributed by atoms with Gasteiger partial charge in [-0.1, -0.05) is 18.7 Å². The Bertz CT molecular complexity index is 671. The van der Waals surface area contributed by atoms with Crippen LogP contribution in [0.25, 0.3) is 0 Å². The number of aryl methyl sites for hydroxylation is 1. The van der Waals surface area contributed by atoms with E-state index in [-0.39, 0.29) is 5.56 Å². The molecule has 2 rings (SSSR count). The molecular formula is C11H9N3O4S2. The van der Waals surface area contributed by atoms with E-state index in [0.717, 1.165) is 6.42 Å². The third-order valence-electron chi connectivity index (χ3n) is 2.37. The molecule has 0 radical (unpaired) electrons. The highest BCUT2D eigenvalue weighted by Crippen LogP contribution is 2.32. The first-order valence-electron chi connectivity index (χ1n) is 5.53. The lowest BCUT2D eigenvalue weighted by Gasteiger charge is -2.01. The molecule has 1 aromatic carbocycles. The maximum atomic E-state index is 10.9. The second-order valence-electron chi connectivity index (χ2n) is 3.67. The van der Waals surface area contributed by atoms with Crippen LogP contribution in [0.2, 0.25) is 0 Å². The van der Waals surface area contributed by atoms with Crippen molar-refractivity contribution >= 4 is 35.0 Å². The molecule has 104 valence electrons. The fraction of sp³-hybridized carbons (Fsp3) is 0.182. The van der Waals surface area contributed by atoms with Gasteiger partial charge in [-0.2, -0.15) is 4.37 Å². The van der Waals surface area contributed by atoms with Crippen LogP contribution < -0.4 is 0 Å². The van der Waals surface area contributed by atoms with Crippen molar-refractivity contribution in [1.29, 1.82) is 0 Å². The van der Waals surface area contributed by atoms with E-state index in [0.29, 0.717) is 15.1 Å². The summed E-state index contributed by atoms with van der Waals surface area (Å²) in [6.45, 7) is 1.93. The van der Waals surface area contributed by atoms with Crippen LogP contribution in [0, 0.1) is 10.1 Å². The summed E-state index contributed by atoms with van der Waals surface area (Å²) >= 11 is 2.43. The lowest BCUT2D eigenvalue weighted by molar-refractivity contribution is -0.385. The molecule has 1 heterocycles. The Kier molecular flexibility index (Phi) is 4.30. The number of benzene rings is 1. The van der Waals surface area contributed by atoms with Crippen molar-refractivity contribution in [2.75, 3.05) is 0 Å². The average Bonchev–Trinajstić information content (AvgIpc) is 2.86. The molecule has 2 aromatic rings. The van der Waals surface area contributed by atoms with Crippen LogP contribution in [-0.2, 0) is 6.42 Å². The lowest BCUT2D eigenvalue weighted by atomic mass is 10.2. The average molecular weight is 311 g/mol. The Morgan fingerprint density at radius 1 is 1.55 bits per heavy atom. The summed E-state index contributed by atoms with van der Waals surface area (Å²) in [6.07, 6.45) is 0.717. The number of nitro benzene ring substituents is 1. The van der Waals surface area contributed by atoms with Crippen molar-refractivity contribution in [2.24, 2.45) is 0 Å². The number of aromatic carboxylic acids is 1. The van der Waals surface area contributed by atoms with Crippen LogP contribution >= 0.6 is 23.3 Å². The molecule has 0 saturated heterocycles. The van der Waals surface area contributed by atoms with E-state index in [2.05, 4.69) is 9.36 Å². The van der Waals surface area contributed by atoms with Crippen molar-refractivity contribution < 1.29 is 14.8 Å². The molecule has 0 aliphatic rings. The van der Waals surface area contributed by atoms with Crippen molar-refractivity contribution in [1.82, 2.24) is 9.36 Å². The van der Waals surface area contributed by atoms with Crippen LogP contribution in [0.5, 0.6) is 0 Å². The van der Waals surface area contributed by atoms with Gasteiger partial charge in [0.1, 0.15) is 11.4 Å². The normalized spacial score (nSPS) is 10.4. The number of carbonyl (C=O) groups is 1. The molecular weight excluding hydrogens is 302 g/mol. The van der Waals surface area contributed by atoms with E-state index in [1.807, 2.05) is 6.92 Å². The highest BCUT2D eigenvalue weighted by Gasteiger charge is 2.20. The topological polar surface area (TPSA) is 106 Å². The SMILES string of the molecule is CCc1nsc(Sc2ccc(C(=O)O)c([N+](=O)[O-])c2)n1. The Labute approximate surface area is 122 Å². The number of aromatic nitrogens is 2. The van der Waals surface area contributed by atoms with Crippen molar-refractivity contribution in [3.8, 4) is 0 Å². The third-order valence-corrected chi connectivity index (χ3v) is 4.15. The summed E-state index contributed by atoms with van der Waals surface area (Å²) < 4.78 is 4.78. The Morgan fingerprint density at radius 2 is 2.30 bits per heavy atom. The molecule has 9 heteroatoms. The number of carboxylic acid groups (broad SMARTS) is 1. The van der Waals surface area contributed by atoms with Gasteiger partial charge in [0, 0.05) is 17.4 Å². The molecule has 0 spiro atoms. The molecule has 0 aliphatic heterocycles. The minimum absolute atomic E-state index is 0.328. The predicted octanol–water partition coefficient (Wildman–Crippen LogP) is 2.86. The molecule has 0 saturated carbocycles. The molecule has 7 nitrogen and oxygen atoms in total. The van der Waals surface area contributed by atoms with E-state index in [4.69, 9.17) is 5.11 Å². The van der Waals surface area contributed by atoms with Gasteiger partial charge < -0.3 is 5.11 Å². The molecule has 0 fully saturated rings. The zero-order chi connectivity index (χ0) is 14.7. The summed E-state index contributed by atoms with van der Waals surface area (Å²) in [7, 11) is 0. The van der Waals surface area contributed by atoms with Crippen LogP contribution in [0.1, 0.15) is 23.1 Å². The van der Waals surface area contributed by atoms with Crippen LogP contribution in [0.4, 0.5) is 5.69 Å². The summed E-state index contributed by atoms with van der Waals surface area (Å²) in [4.78, 5) is 25.9. The fourth-order valence-corrected chi connectivity index (χ4v) is 3.14. The van der Waals surface area contributed by atoms with Gasteiger partial charge in [0.25, 0.3) is 5.69 Å². The zero-order valence-corrected chi connectivity index (χ0v) is 11.9. The lowest BCUT2D eigenvalue weighted by Crippen LogP contribution is -2.02. The molecule has 0 aliphatic carbocycles. The highest BCUT2D eigenvalue weighted by molar-refractivity contribution is 8.01. The minimum atomic E-state index is -1.32. The smallest absolute Gasteiger partial charge is 0.342 e. The first kappa shape index (κ1) is 14.4. The minimum Gasteiger partial charge on any atom is -0.477 e. The zero-order valence-electron chi connectivity index (χ0n) is 10.3. The van der Waals surface area contributed by atoms with Gasteiger partial charge in [-0.3, -0.25) is 10.1 Å². The Balaban J connectivity index is 2.31. The third kappa shape index (κ3) is 3.11. The standard InChI is InChI=1S/C11H9N3O4S2/c1-2-9-12-11(20-13-9)19-6-3-4-7(10(15)16)8(5-6)14(17)18/h3-5H,2H2,1H3,(H,15,16). The number of hydrogen-bond donors (Lipinski definition) is 1. The first-order valence-corrected chi connectivity index (χ1v) is 7.12. The number of hydrogen-bond acceptors (Lipinski definition) is 7.